The van der Waals surface area contributed by atoms with Gasteiger partial charge in [-0.15, -0.1) is 0 Å². The van der Waals surface area contributed by atoms with E-state index in [0.29, 0.717) is 6.54 Å². The number of carbonyl (C=O) groups is 1. The van der Waals surface area contributed by atoms with Crippen LogP contribution in [0.3, 0.4) is 0 Å². The highest BCUT2D eigenvalue weighted by Gasteiger charge is 2.10. The molecule has 0 spiro atoms. The average molecular weight is 248 g/mol. The Labute approximate surface area is 103 Å². The van der Waals surface area contributed by atoms with E-state index >= 15 is 0 Å². The van der Waals surface area contributed by atoms with Gasteiger partial charge < -0.3 is 9.88 Å². The lowest BCUT2D eigenvalue weighted by molar-refractivity contribution is 0.0949. The molecule has 4 nitrogen and oxygen atoms in total. The maximum Gasteiger partial charge on any atom is 0.263 e. The minimum Gasteiger partial charge on any atom is -0.348 e. The van der Waals surface area contributed by atoms with Gasteiger partial charge in [0.25, 0.3) is 11.5 Å². The van der Waals surface area contributed by atoms with Crippen molar-refractivity contribution in [1.29, 1.82) is 0 Å². The molecule has 5 heteroatoms. The molecule has 0 aliphatic rings. The number of aromatic nitrogens is 1. The molecular formula is C12H12N2O2S. The van der Waals surface area contributed by atoms with Crippen LogP contribution in [-0.4, -0.2) is 10.5 Å². The zero-order valence-corrected chi connectivity index (χ0v) is 10.2. The van der Waals surface area contributed by atoms with Crippen molar-refractivity contribution in [2.45, 2.75) is 6.54 Å². The summed E-state index contributed by atoms with van der Waals surface area (Å²) in [6.07, 6.45) is 1.62. The van der Waals surface area contributed by atoms with E-state index in [1.165, 1.54) is 10.6 Å². The van der Waals surface area contributed by atoms with Gasteiger partial charge in [-0.3, -0.25) is 9.59 Å². The van der Waals surface area contributed by atoms with Crippen molar-refractivity contribution >= 4 is 17.2 Å². The second-order valence-electron chi connectivity index (χ2n) is 3.65. The summed E-state index contributed by atoms with van der Waals surface area (Å²) in [5.41, 5.74) is 0.927. The number of hydrogen-bond donors (Lipinski definition) is 1. The molecule has 0 bridgehead atoms. The molecule has 2 heterocycles. The number of thiophene rings is 1. The third-order valence-corrected chi connectivity index (χ3v) is 3.13. The monoisotopic (exact) mass is 248 g/mol. The summed E-state index contributed by atoms with van der Waals surface area (Å²) in [5, 5.41) is 6.63. The highest BCUT2D eigenvalue weighted by molar-refractivity contribution is 7.07. The first-order valence-electron chi connectivity index (χ1n) is 5.13. The van der Waals surface area contributed by atoms with Crippen LogP contribution in [0.5, 0.6) is 0 Å². The number of aryl methyl sites for hydroxylation is 1. The molecule has 2 rings (SSSR count). The van der Waals surface area contributed by atoms with Gasteiger partial charge in [-0.2, -0.15) is 11.3 Å². The van der Waals surface area contributed by atoms with Crippen molar-refractivity contribution in [2.75, 3.05) is 0 Å². The van der Waals surface area contributed by atoms with E-state index < -0.39 is 0 Å². The fourth-order valence-corrected chi connectivity index (χ4v) is 2.11. The lowest BCUT2D eigenvalue weighted by Gasteiger charge is -2.04. The van der Waals surface area contributed by atoms with Crippen molar-refractivity contribution in [3.05, 3.63) is 56.6 Å². The maximum absolute atomic E-state index is 11.8. The Morgan fingerprint density at radius 1 is 1.47 bits per heavy atom. The molecule has 88 valence electrons. The summed E-state index contributed by atoms with van der Waals surface area (Å²) in [6, 6.07) is 5.15. The summed E-state index contributed by atoms with van der Waals surface area (Å²) in [6.45, 7) is 0.445. The second-order valence-corrected chi connectivity index (χ2v) is 4.43. The molecular weight excluding hydrogens is 236 g/mol. The Balaban J connectivity index is 2.10. The minimum atomic E-state index is -0.336. The van der Waals surface area contributed by atoms with Crippen molar-refractivity contribution in [2.24, 2.45) is 7.05 Å². The lowest BCUT2D eigenvalue weighted by Crippen LogP contribution is -2.31. The molecule has 0 aromatic carbocycles. The fraction of sp³-hybridized carbons (Fsp3) is 0.167. The molecule has 1 N–H and O–H groups in total. The SMILES string of the molecule is Cn1cccc(C(=O)NCc2ccsc2)c1=O. The van der Waals surface area contributed by atoms with Crippen LogP contribution in [0.25, 0.3) is 0 Å². The summed E-state index contributed by atoms with van der Waals surface area (Å²) in [4.78, 5) is 23.5. The minimum absolute atomic E-state index is 0.172. The molecule has 0 aliphatic carbocycles. The molecule has 0 atom stereocenters. The topological polar surface area (TPSA) is 51.1 Å². The number of amides is 1. The Kier molecular flexibility index (Phi) is 3.39. The van der Waals surface area contributed by atoms with E-state index in [0.717, 1.165) is 5.56 Å². The predicted octanol–water partition coefficient (Wildman–Crippen LogP) is 1.38. The first kappa shape index (κ1) is 11.6. The second kappa shape index (κ2) is 4.97. The highest BCUT2D eigenvalue weighted by Crippen LogP contribution is 2.05. The highest BCUT2D eigenvalue weighted by atomic mass is 32.1. The Bertz CT molecular complexity index is 572. The Morgan fingerprint density at radius 2 is 2.29 bits per heavy atom. The molecule has 0 unspecified atom stereocenters. The smallest absolute Gasteiger partial charge is 0.263 e. The largest absolute Gasteiger partial charge is 0.348 e. The molecule has 0 saturated heterocycles. The van der Waals surface area contributed by atoms with Crippen molar-refractivity contribution < 1.29 is 4.79 Å². The normalized spacial score (nSPS) is 10.2. The van der Waals surface area contributed by atoms with Gasteiger partial charge in [0.2, 0.25) is 0 Å². The first-order valence-corrected chi connectivity index (χ1v) is 6.07. The van der Waals surface area contributed by atoms with E-state index in [2.05, 4.69) is 5.32 Å². The number of hydrogen-bond acceptors (Lipinski definition) is 3. The van der Waals surface area contributed by atoms with Gasteiger partial charge in [-0.05, 0) is 34.5 Å². The quantitative estimate of drug-likeness (QED) is 0.892. The number of nitrogens with one attached hydrogen (secondary N) is 1. The first-order chi connectivity index (χ1) is 8.18. The number of rotatable bonds is 3. The number of nitrogens with zero attached hydrogens (tertiary/aromatic N) is 1. The average Bonchev–Trinajstić information content (AvgIpc) is 2.82. The van der Waals surface area contributed by atoms with Crippen LogP contribution in [0.15, 0.2) is 40.0 Å². The van der Waals surface area contributed by atoms with Gasteiger partial charge in [-0.25, -0.2) is 0 Å². The molecule has 0 saturated carbocycles. The van der Waals surface area contributed by atoms with Gasteiger partial charge in [0.1, 0.15) is 5.56 Å². The Hall–Kier alpha value is -1.88. The molecule has 0 fully saturated rings. The van der Waals surface area contributed by atoms with E-state index in [1.54, 1.807) is 30.6 Å². The van der Waals surface area contributed by atoms with Crippen molar-refractivity contribution in [3.8, 4) is 0 Å². The third kappa shape index (κ3) is 2.62. The van der Waals surface area contributed by atoms with Crippen LogP contribution in [-0.2, 0) is 13.6 Å². The van der Waals surface area contributed by atoms with Gasteiger partial charge in [0.15, 0.2) is 0 Å². The van der Waals surface area contributed by atoms with Crippen LogP contribution in [0.2, 0.25) is 0 Å². The standard InChI is InChI=1S/C12H12N2O2S/c1-14-5-2-3-10(12(14)16)11(15)13-7-9-4-6-17-8-9/h2-6,8H,7H2,1H3,(H,13,15). The zero-order chi connectivity index (χ0) is 12.3. The van der Waals surface area contributed by atoms with Gasteiger partial charge in [0.05, 0.1) is 0 Å². The van der Waals surface area contributed by atoms with Crippen LogP contribution in [0.4, 0.5) is 0 Å². The molecule has 2 aromatic rings. The summed E-state index contributed by atoms with van der Waals surface area (Å²) in [5.74, 6) is -0.336. The van der Waals surface area contributed by atoms with Crippen LogP contribution in [0, 0.1) is 0 Å². The van der Waals surface area contributed by atoms with E-state index in [9.17, 15) is 9.59 Å². The molecule has 0 aliphatic heterocycles. The van der Waals surface area contributed by atoms with E-state index in [4.69, 9.17) is 0 Å². The molecule has 1 amide bonds. The van der Waals surface area contributed by atoms with Gasteiger partial charge >= 0.3 is 0 Å². The number of carbonyl (C=O) groups excluding carboxylic acids is 1. The predicted molar refractivity (Wildman–Crippen MR) is 67.2 cm³/mol. The van der Waals surface area contributed by atoms with Gasteiger partial charge in [0, 0.05) is 19.8 Å². The van der Waals surface area contributed by atoms with Crippen molar-refractivity contribution in [3.63, 3.8) is 0 Å². The fourth-order valence-electron chi connectivity index (χ4n) is 1.44. The maximum atomic E-state index is 11.8. The van der Waals surface area contributed by atoms with Crippen LogP contribution < -0.4 is 10.9 Å². The molecule has 17 heavy (non-hydrogen) atoms. The van der Waals surface area contributed by atoms with Crippen LogP contribution >= 0.6 is 11.3 Å². The summed E-state index contributed by atoms with van der Waals surface area (Å²) >= 11 is 1.58. The summed E-state index contributed by atoms with van der Waals surface area (Å²) in [7, 11) is 1.62. The lowest BCUT2D eigenvalue weighted by atomic mass is 10.2. The molecule has 0 radical (unpaired) electrons. The summed E-state index contributed by atoms with van der Waals surface area (Å²) < 4.78 is 1.39. The van der Waals surface area contributed by atoms with Crippen LogP contribution in [0.1, 0.15) is 15.9 Å². The van der Waals surface area contributed by atoms with E-state index in [-0.39, 0.29) is 17.0 Å². The number of pyridine rings is 1. The van der Waals surface area contributed by atoms with E-state index in [1.807, 2.05) is 16.8 Å². The van der Waals surface area contributed by atoms with Crippen molar-refractivity contribution in [1.82, 2.24) is 9.88 Å². The molecule has 2 aromatic heterocycles. The van der Waals surface area contributed by atoms with Gasteiger partial charge in [-0.1, -0.05) is 0 Å². The third-order valence-electron chi connectivity index (χ3n) is 2.40. The zero-order valence-electron chi connectivity index (χ0n) is 9.34. The Morgan fingerprint density at radius 3 is 3.00 bits per heavy atom.